The molecular formula is C47H46O4. The van der Waals surface area contributed by atoms with Crippen molar-refractivity contribution in [3.8, 4) is 0 Å². The predicted molar refractivity (Wildman–Crippen MR) is 204 cm³/mol. The van der Waals surface area contributed by atoms with Crippen LogP contribution in [0.2, 0.25) is 0 Å². The molecule has 0 aromatic heterocycles. The van der Waals surface area contributed by atoms with Crippen LogP contribution in [0.15, 0.2) is 158 Å². The van der Waals surface area contributed by atoms with E-state index in [2.05, 4.69) is 86.6 Å². The van der Waals surface area contributed by atoms with Gasteiger partial charge < -0.3 is 4.74 Å². The molecule has 0 aliphatic carbocycles. The molecule has 51 heavy (non-hydrogen) atoms. The van der Waals surface area contributed by atoms with Crippen molar-refractivity contribution in [1.82, 2.24) is 0 Å². The van der Waals surface area contributed by atoms with Crippen molar-refractivity contribution >= 4 is 5.97 Å². The highest BCUT2D eigenvalue weighted by molar-refractivity contribution is 5.89. The largest absolute Gasteiger partial charge is 0.451 e. The molecule has 0 aliphatic rings. The van der Waals surface area contributed by atoms with Gasteiger partial charge in [-0.25, -0.2) is 14.6 Å². The molecule has 258 valence electrons. The summed E-state index contributed by atoms with van der Waals surface area (Å²) in [5.41, 5.74) is 10.7. The van der Waals surface area contributed by atoms with Crippen LogP contribution in [-0.4, -0.2) is 5.97 Å². The van der Waals surface area contributed by atoms with Crippen molar-refractivity contribution in [2.24, 2.45) is 0 Å². The van der Waals surface area contributed by atoms with E-state index in [1.54, 1.807) is 0 Å². The second-order valence-corrected chi connectivity index (χ2v) is 13.0. The molecule has 0 N–H and O–H groups in total. The van der Waals surface area contributed by atoms with Crippen LogP contribution in [0.1, 0.15) is 92.9 Å². The maximum Gasteiger partial charge on any atom is 0.338 e. The highest BCUT2D eigenvalue weighted by atomic mass is 17.2. The first-order valence-electron chi connectivity index (χ1n) is 18.0. The van der Waals surface area contributed by atoms with Gasteiger partial charge in [0.1, 0.15) is 6.61 Å². The van der Waals surface area contributed by atoms with Gasteiger partial charge >= 0.3 is 5.97 Å². The summed E-state index contributed by atoms with van der Waals surface area (Å²) in [5.74, 6) is -0.428. The van der Waals surface area contributed by atoms with Crippen molar-refractivity contribution < 1.29 is 19.3 Å². The lowest BCUT2D eigenvalue weighted by Gasteiger charge is -2.27. The van der Waals surface area contributed by atoms with Gasteiger partial charge in [0.2, 0.25) is 0 Å². The van der Waals surface area contributed by atoms with Gasteiger partial charge in [-0.1, -0.05) is 166 Å². The van der Waals surface area contributed by atoms with Crippen LogP contribution in [-0.2, 0) is 46.8 Å². The molecule has 6 aromatic rings. The van der Waals surface area contributed by atoms with Gasteiger partial charge in [0.05, 0.1) is 5.56 Å². The van der Waals surface area contributed by atoms with E-state index in [1.807, 2.05) is 84.9 Å². The van der Waals surface area contributed by atoms with Crippen molar-refractivity contribution in [2.45, 2.75) is 64.8 Å². The molecule has 0 heterocycles. The maximum absolute atomic E-state index is 13.7. The normalized spacial score (nSPS) is 12.3. The molecule has 6 aromatic carbocycles. The van der Waals surface area contributed by atoms with Crippen LogP contribution in [0, 0.1) is 0 Å². The first-order chi connectivity index (χ1) is 25.1. The Morgan fingerprint density at radius 3 is 1.41 bits per heavy atom. The van der Waals surface area contributed by atoms with E-state index in [-0.39, 0.29) is 6.61 Å². The SMILES string of the molecule is CCCc1ccc(Cc2ccc(COO[C@H](c3ccccc3)[C@H](OC(=O)c3ccc(Cc4ccc(CC)cc4)cc3)c3ccccc3)cc2)cc1. The highest BCUT2D eigenvalue weighted by Gasteiger charge is 2.31. The summed E-state index contributed by atoms with van der Waals surface area (Å²) in [4.78, 5) is 25.8. The third kappa shape index (κ3) is 10.1. The van der Waals surface area contributed by atoms with Gasteiger partial charge in [-0.05, 0) is 87.9 Å². The molecule has 2 atom stereocenters. The van der Waals surface area contributed by atoms with E-state index in [0.29, 0.717) is 5.56 Å². The summed E-state index contributed by atoms with van der Waals surface area (Å²) in [5, 5.41) is 0. The number of esters is 1. The van der Waals surface area contributed by atoms with Gasteiger partial charge in [0, 0.05) is 0 Å². The minimum absolute atomic E-state index is 0.243. The van der Waals surface area contributed by atoms with E-state index in [9.17, 15) is 4.79 Å². The summed E-state index contributed by atoms with van der Waals surface area (Å²) in [6.45, 7) is 4.61. The summed E-state index contributed by atoms with van der Waals surface area (Å²) in [7, 11) is 0. The number of aryl methyl sites for hydroxylation is 2. The van der Waals surface area contributed by atoms with E-state index in [4.69, 9.17) is 14.5 Å². The second-order valence-electron chi connectivity index (χ2n) is 13.0. The third-order valence-electron chi connectivity index (χ3n) is 9.18. The molecule has 0 spiro atoms. The van der Waals surface area contributed by atoms with E-state index >= 15 is 0 Å². The van der Waals surface area contributed by atoms with Gasteiger partial charge in [-0.15, -0.1) is 0 Å². The molecule has 0 amide bonds. The quantitative estimate of drug-likeness (QED) is 0.0582. The molecule has 0 saturated heterocycles. The number of carbonyl (C=O) groups excluding carboxylic acids is 1. The van der Waals surface area contributed by atoms with Crippen molar-refractivity contribution in [3.05, 3.63) is 213 Å². The Balaban J connectivity index is 1.13. The van der Waals surface area contributed by atoms with Crippen molar-refractivity contribution in [2.75, 3.05) is 0 Å². The van der Waals surface area contributed by atoms with Crippen LogP contribution in [0.5, 0.6) is 0 Å². The molecule has 0 fully saturated rings. The zero-order valence-corrected chi connectivity index (χ0v) is 29.5. The van der Waals surface area contributed by atoms with Gasteiger partial charge in [-0.2, -0.15) is 0 Å². The first-order valence-corrected chi connectivity index (χ1v) is 18.0. The van der Waals surface area contributed by atoms with Crippen LogP contribution in [0.3, 0.4) is 0 Å². The zero-order chi connectivity index (χ0) is 35.3. The van der Waals surface area contributed by atoms with Gasteiger partial charge in [0.25, 0.3) is 0 Å². The van der Waals surface area contributed by atoms with E-state index in [1.165, 1.54) is 27.8 Å². The Bertz CT molecular complexity index is 1920. The summed E-state index contributed by atoms with van der Waals surface area (Å²) in [6.07, 6.45) is 3.48. The summed E-state index contributed by atoms with van der Waals surface area (Å²) < 4.78 is 6.27. The van der Waals surface area contributed by atoms with Gasteiger partial charge in [0.15, 0.2) is 12.2 Å². The van der Waals surface area contributed by atoms with Crippen LogP contribution < -0.4 is 0 Å². The second kappa shape index (κ2) is 18.1. The fourth-order valence-electron chi connectivity index (χ4n) is 6.22. The van der Waals surface area contributed by atoms with Crippen molar-refractivity contribution in [3.63, 3.8) is 0 Å². The molecule has 6 rings (SSSR count). The van der Waals surface area contributed by atoms with Crippen molar-refractivity contribution in [1.29, 1.82) is 0 Å². The van der Waals surface area contributed by atoms with Crippen LogP contribution in [0.25, 0.3) is 0 Å². The summed E-state index contributed by atoms with van der Waals surface area (Å²) >= 11 is 0. The third-order valence-corrected chi connectivity index (χ3v) is 9.18. The predicted octanol–water partition coefficient (Wildman–Crippen LogP) is 11.2. The number of hydrogen-bond donors (Lipinski definition) is 0. The van der Waals surface area contributed by atoms with E-state index < -0.39 is 18.2 Å². The number of benzene rings is 6. The Kier molecular flexibility index (Phi) is 12.6. The van der Waals surface area contributed by atoms with Crippen LogP contribution >= 0.6 is 0 Å². The molecule has 0 bridgehead atoms. The summed E-state index contributed by atoms with van der Waals surface area (Å²) in [6, 6.07) is 53.1. The molecule has 0 aliphatic heterocycles. The van der Waals surface area contributed by atoms with Crippen LogP contribution in [0.4, 0.5) is 0 Å². The molecular weight excluding hydrogens is 629 g/mol. The topological polar surface area (TPSA) is 44.8 Å². The zero-order valence-electron chi connectivity index (χ0n) is 29.5. The Hall–Kier alpha value is -5.29. The lowest BCUT2D eigenvalue weighted by Crippen LogP contribution is -2.21. The Labute approximate surface area is 302 Å². The van der Waals surface area contributed by atoms with Gasteiger partial charge in [-0.3, -0.25) is 0 Å². The molecule has 0 saturated carbocycles. The number of rotatable bonds is 16. The standard InChI is InChI=1S/C47H46O4/c1-3-11-36-18-22-38(23-19-36)32-39-24-26-41(27-25-39)34-49-51-46(43-14-9-6-10-15-43)45(42-12-7-5-8-13-42)50-47(48)44-30-28-40(29-31-44)33-37-20-16-35(4-2)17-21-37/h5-10,12-31,45-46H,3-4,11,32-34H2,1-2H3/t45-,46-/m1/s1. The molecule has 0 radical (unpaired) electrons. The average Bonchev–Trinajstić information content (AvgIpc) is 3.18. The Morgan fingerprint density at radius 2 is 0.922 bits per heavy atom. The minimum atomic E-state index is -0.760. The lowest BCUT2D eigenvalue weighted by atomic mass is 9.98. The minimum Gasteiger partial charge on any atom is -0.451 e. The maximum atomic E-state index is 13.7. The highest BCUT2D eigenvalue weighted by Crippen LogP contribution is 2.36. The smallest absolute Gasteiger partial charge is 0.338 e. The lowest BCUT2D eigenvalue weighted by molar-refractivity contribution is -0.350. The average molecular weight is 675 g/mol. The molecule has 0 unspecified atom stereocenters. The fraction of sp³-hybridized carbons (Fsp3) is 0.213. The molecule has 4 nitrogen and oxygen atoms in total. The number of carbonyl (C=O) groups is 1. The number of hydrogen-bond acceptors (Lipinski definition) is 4. The number of ether oxygens (including phenoxy) is 1. The monoisotopic (exact) mass is 674 g/mol. The first kappa shape index (κ1) is 35.5. The van der Waals surface area contributed by atoms with E-state index in [0.717, 1.165) is 54.4 Å². The molecule has 4 heteroatoms. The Morgan fingerprint density at radius 1 is 0.490 bits per heavy atom. The fourth-order valence-corrected chi connectivity index (χ4v) is 6.22.